The molecule has 0 spiro atoms. The van der Waals surface area contributed by atoms with Gasteiger partial charge in [0, 0.05) is 29.2 Å². The van der Waals surface area contributed by atoms with Crippen LogP contribution in [0.1, 0.15) is 31.9 Å². The molecule has 1 rings (SSSR count). The quantitative estimate of drug-likeness (QED) is 0.810. The smallest absolute Gasteiger partial charge is 0.132 e. The number of carbonyl (C=O) groups is 1. The summed E-state index contributed by atoms with van der Waals surface area (Å²) >= 11 is 3.33. The predicted octanol–water partition coefficient (Wildman–Crippen LogP) is 3.15. The van der Waals surface area contributed by atoms with E-state index in [9.17, 15) is 4.79 Å². The molecule has 0 unspecified atom stereocenters. The van der Waals surface area contributed by atoms with Gasteiger partial charge in [0.1, 0.15) is 5.78 Å². The lowest BCUT2D eigenvalue weighted by molar-refractivity contribution is -0.118. The number of pyridine rings is 1. The number of ketones is 1. The minimum absolute atomic E-state index is 0.335. The molecule has 0 bridgehead atoms. The molecule has 3 heteroatoms. The van der Waals surface area contributed by atoms with Gasteiger partial charge in [-0.15, -0.1) is 0 Å². The first-order valence-electron chi connectivity index (χ1n) is 4.84. The number of nitrogens with zero attached hydrogens (tertiary/aromatic N) is 1. The second-order valence-corrected chi connectivity index (χ2v) is 4.13. The van der Waals surface area contributed by atoms with Gasteiger partial charge in [0.2, 0.25) is 0 Å². The van der Waals surface area contributed by atoms with Gasteiger partial charge in [0.15, 0.2) is 0 Å². The van der Waals surface area contributed by atoms with Crippen LogP contribution in [0.25, 0.3) is 0 Å². The van der Waals surface area contributed by atoms with E-state index in [0.29, 0.717) is 18.6 Å². The van der Waals surface area contributed by atoms with E-state index >= 15 is 0 Å². The fraction of sp³-hybridized carbons (Fsp3) is 0.455. The second-order valence-electron chi connectivity index (χ2n) is 3.21. The zero-order valence-electron chi connectivity index (χ0n) is 8.29. The van der Waals surface area contributed by atoms with E-state index in [1.165, 1.54) is 0 Å². The molecule has 0 aliphatic heterocycles. The first kappa shape index (κ1) is 11.4. The Kier molecular flexibility index (Phi) is 4.80. The SMILES string of the molecule is CCC(=O)CCCc1ccc(Br)cn1. The molecular formula is C11H14BrNO. The lowest BCUT2D eigenvalue weighted by Crippen LogP contribution is -1.97. The van der Waals surface area contributed by atoms with Gasteiger partial charge in [-0.3, -0.25) is 9.78 Å². The second kappa shape index (κ2) is 5.91. The van der Waals surface area contributed by atoms with Crippen molar-refractivity contribution >= 4 is 21.7 Å². The molecule has 0 radical (unpaired) electrons. The summed E-state index contributed by atoms with van der Waals surface area (Å²) in [4.78, 5) is 15.3. The van der Waals surface area contributed by atoms with Crippen molar-refractivity contribution < 1.29 is 4.79 Å². The topological polar surface area (TPSA) is 30.0 Å². The Balaban J connectivity index is 2.31. The molecule has 14 heavy (non-hydrogen) atoms. The summed E-state index contributed by atoms with van der Waals surface area (Å²) in [6, 6.07) is 3.96. The van der Waals surface area contributed by atoms with E-state index in [4.69, 9.17) is 0 Å². The molecule has 0 saturated heterocycles. The molecule has 0 fully saturated rings. The molecule has 76 valence electrons. The van der Waals surface area contributed by atoms with Gasteiger partial charge in [0.25, 0.3) is 0 Å². The molecule has 1 heterocycles. The summed E-state index contributed by atoms with van der Waals surface area (Å²) in [6.07, 6.45) is 4.90. The van der Waals surface area contributed by atoms with Crippen molar-refractivity contribution in [1.82, 2.24) is 4.98 Å². The molecule has 0 amide bonds. The Hall–Kier alpha value is -0.700. The lowest BCUT2D eigenvalue weighted by Gasteiger charge is -1.99. The number of Topliss-reactive ketones (excluding diaryl/α,β-unsaturated/α-hetero) is 1. The summed E-state index contributed by atoms with van der Waals surface area (Å²) < 4.78 is 0.992. The highest BCUT2D eigenvalue weighted by atomic mass is 79.9. The Bertz CT molecular complexity index is 295. The maximum atomic E-state index is 11.0. The van der Waals surface area contributed by atoms with E-state index < -0.39 is 0 Å². The fourth-order valence-electron chi connectivity index (χ4n) is 1.20. The summed E-state index contributed by atoms with van der Waals surface area (Å²) in [5, 5.41) is 0. The van der Waals surface area contributed by atoms with Gasteiger partial charge >= 0.3 is 0 Å². The zero-order valence-corrected chi connectivity index (χ0v) is 9.88. The Labute approximate surface area is 92.9 Å². The average molecular weight is 256 g/mol. The van der Waals surface area contributed by atoms with Crippen LogP contribution >= 0.6 is 15.9 Å². The van der Waals surface area contributed by atoms with Gasteiger partial charge in [0.05, 0.1) is 0 Å². The van der Waals surface area contributed by atoms with Crippen molar-refractivity contribution in [2.24, 2.45) is 0 Å². The van der Waals surface area contributed by atoms with Gasteiger partial charge in [-0.05, 0) is 40.9 Å². The van der Waals surface area contributed by atoms with Crippen LogP contribution in [-0.2, 0) is 11.2 Å². The number of halogens is 1. The van der Waals surface area contributed by atoms with Gasteiger partial charge in [-0.2, -0.15) is 0 Å². The van der Waals surface area contributed by atoms with Gasteiger partial charge in [-0.25, -0.2) is 0 Å². The molecule has 0 aliphatic rings. The Morgan fingerprint density at radius 3 is 2.86 bits per heavy atom. The van der Waals surface area contributed by atoms with Crippen molar-refractivity contribution in [2.75, 3.05) is 0 Å². The van der Waals surface area contributed by atoms with Crippen LogP contribution in [0.4, 0.5) is 0 Å². The van der Waals surface area contributed by atoms with Crippen LogP contribution in [0.3, 0.4) is 0 Å². The molecule has 0 saturated carbocycles. The third kappa shape index (κ3) is 4.01. The van der Waals surface area contributed by atoms with Crippen molar-refractivity contribution in [3.05, 3.63) is 28.5 Å². The van der Waals surface area contributed by atoms with Crippen molar-refractivity contribution in [3.8, 4) is 0 Å². The zero-order chi connectivity index (χ0) is 10.4. The highest BCUT2D eigenvalue weighted by molar-refractivity contribution is 9.10. The Morgan fingerprint density at radius 2 is 2.29 bits per heavy atom. The maximum absolute atomic E-state index is 11.0. The third-order valence-electron chi connectivity index (χ3n) is 2.07. The van der Waals surface area contributed by atoms with E-state index in [1.54, 1.807) is 6.20 Å². The third-order valence-corrected chi connectivity index (χ3v) is 2.54. The first-order valence-corrected chi connectivity index (χ1v) is 5.64. The van der Waals surface area contributed by atoms with E-state index in [2.05, 4.69) is 20.9 Å². The molecule has 0 N–H and O–H groups in total. The number of carbonyl (C=O) groups excluding carboxylic acids is 1. The summed E-state index contributed by atoms with van der Waals surface area (Å²) in [6.45, 7) is 1.90. The van der Waals surface area contributed by atoms with Crippen LogP contribution < -0.4 is 0 Å². The minimum Gasteiger partial charge on any atom is -0.300 e. The Morgan fingerprint density at radius 1 is 1.50 bits per heavy atom. The van der Waals surface area contributed by atoms with Crippen LogP contribution in [0, 0.1) is 0 Å². The van der Waals surface area contributed by atoms with E-state index in [0.717, 1.165) is 23.0 Å². The van der Waals surface area contributed by atoms with E-state index in [-0.39, 0.29) is 0 Å². The lowest BCUT2D eigenvalue weighted by atomic mass is 10.1. The van der Waals surface area contributed by atoms with Crippen LogP contribution in [-0.4, -0.2) is 10.8 Å². The monoisotopic (exact) mass is 255 g/mol. The number of hydrogen-bond donors (Lipinski definition) is 0. The van der Waals surface area contributed by atoms with Crippen LogP contribution in [0.5, 0.6) is 0 Å². The fourth-order valence-corrected chi connectivity index (χ4v) is 1.43. The molecular weight excluding hydrogens is 242 g/mol. The number of aromatic nitrogens is 1. The molecule has 0 aromatic carbocycles. The van der Waals surface area contributed by atoms with Crippen LogP contribution in [0.2, 0.25) is 0 Å². The van der Waals surface area contributed by atoms with Gasteiger partial charge < -0.3 is 0 Å². The number of rotatable bonds is 5. The van der Waals surface area contributed by atoms with Crippen molar-refractivity contribution in [1.29, 1.82) is 0 Å². The minimum atomic E-state index is 0.335. The molecule has 0 atom stereocenters. The van der Waals surface area contributed by atoms with Crippen LogP contribution in [0.15, 0.2) is 22.8 Å². The van der Waals surface area contributed by atoms with E-state index in [1.807, 2.05) is 19.1 Å². The average Bonchev–Trinajstić information content (AvgIpc) is 2.21. The molecule has 0 aliphatic carbocycles. The molecule has 1 aromatic rings. The maximum Gasteiger partial charge on any atom is 0.132 e. The first-order chi connectivity index (χ1) is 6.72. The molecule has 2 nitrogen and oxygen atoms in total. The summed E-state index contributed by atoms with van der Waals surface area (Å²) in [5.41, 5.74) is 1.05. The van der Waals surface area contributed by atoms with Gasteiger partial charge in [-0.1, -0.05) is 6.92 Å². The normalized spacial score (nSPS) is 10.1. The predicted molar refractivity (Wildman–Crippen MR) is 60.2 cm³/mol. The highest BCUT2D eigenvalue weighted by Crippen LogP contribution is 2.09. The van der Waals surface area contributed by atoms with Crippen molar-refractivity contribution in [2.45, 2.75) is 32.6 Å². The molecule has 1 aromatic heterocycles. The standard InChI is InChI=1S/C11H14BrNO/c1-2-11(14)5-3-4-10-7-6-9(12)8-13-10/h6-8H,2-5H2,1H3. The summed E-state index contributed by atoms with van der Waals surface area (Å²) in [7, 11) is 0. The number of aryl methyl sites for hydroxylation is 1. The highest BCUT2D eigenvalue weighted by Gasteiger charge is 1.99. The number of hydrogen-bond acceptors (Lipinski definition) is 2. The summed E-state index contributed by atoms with van der Waals surface area (Å²) in [5.74, 6) is 0.335. The van der Waals surface area contributed by atoms with Crippen molar-refractivity contribution in [3.63, 3.8) is 0 Å². The largest absolute Gasteiger partial charge is 0.300 e.